The molecule has 0 heterocycles. The minimum Gasteiger partial charge on any atom is -0.224 e. The number of sulfone groups is 2. The maximum absolute atomic E-state index is 13.3. The lowest BCUT2D eigenvalue weighted by Gasteiger charge is -2.09. The summed E-state index contributed by atoms with van der Waals surface area (Å²) in [5, 5.41) is 0. The first-order valence-corrected chi connectivity index (χ1v) is 7.93. The van der Waals surface area contributed by atoms with Gasteiger partial charge in [0.2, 0.25) is 0 Å². The van der Waals surface area contributed by atoms with E-state index in [0.29, 0.717) is 12.5 Å². The molecule has 10 heteroatoms. The maximum Gasteiger partial charge on any atom is 0.182 e. The SMILES string of the molecule is CS(=O)(=O)c1c(F)c(F)c(S(C)(=O)=O)c(F)c1F. The van der Waals surface area contributed by atoms with Crippen molar-refractivity contribution in [3.8, 4) is 0 Å². The summed E-state index contributed by atoms with van der Waals surface area (Å²) in [7, 11) is -9.19. The first kappa shape index (κ1) is 14.9. The Morgan fingerprint density at radius 3 is 0.889 bits per heavy atom. The third-order valence-electron chi connectivity index (χ3n) is 1.92. The monoisotopic (exact) mass is 306 g/mol. The van der Waals surface area contributed by atoms with Gasteiger partial charge in [-0.2, -0.15) is 0 Å². The van der Waals surface area contributed by atoms with Crippen LogP contribution < -0.4 is 0 Å². The van der Waals surface area contributed by atoms with Gasteiger partial charge in [0.25, 0.3) is 0 Å². The Balaban J connectivity index is 4.03. The fourth-order valence-corrected chi connectivity index (χ4v) is 2.90. The number of hydrogen-bond donors (Lipinski definition) is 0. The van der Waals surface area contributed by atoms with Crippen LogP contribution in [0.5, 0.6) is 0 Å². The summed E-state index contributed by atoms with van der Waals surface area (Å²) in [6.45, 7) is 0. The molecule has 0 bridgehead atoms. The zero-order valence-electron chi connectivity index (χ0n) is 8.96. The van der Waals surface area contributed by atoms with E-state index in [1.165, 1.54) is 0 Å². The third kappa shape index (κ3) is 2.34. The fourth-order valence-electron chi connectivity index (χ4n) is 1.24. The van der Waals surface area contributed by atoms with E-state index in [1.54, 1.807) is 0 Å². The number of halogens is 4. The largest absolute Gasteiger partial charge is 0.224 e. The van der Waals surface area contributed by atoms with E-state index < -0.39 is 52.7 Å². The van der Waals surface area contributed by atoms with Crippen molar-refractivity contribution in [2.24, 2.45) is 0 Å². The molecule has 0 N–H and O–H groups in total. The van der Waals surface area contributed by atoms with Crippen LogP contribution in [0.25, 0.3) is 0 Å². The van der Waals surface area contributed by atoms with E-state index >= 15 is 0 Å². The smallest absolute Gasteiger partial charge is 0.182 e. The van der Waals surface area contributed by atoms with Crippen LogP contribution in [0.2, 0.25) is 0 Å². The van der Waals surface area contributed by atoms with Crippen molar-refractivity contribution in [2.45, 2.75) is 9.79 Å². The molecule has 0 aliphatic rings. The van der Waals surface area contributed by atoms with Crippen LogP contribution in [0.15, 0.2) is 9.79 Å². The van der Waals surface area contributed by atoms with Gasteiger partial charge in [-0.15, -0.1) is 0 Å². The van der Waals surface area contributed by atoms with Crippen molar-refractivity contribution in [1.29, 1.82) is 0 Å². The lowest BCUT2D eigenvalue weighted by molar-refractivity contribution is 0.391. The minimum atomic E-state index is -4.60. The Morgan fingerprint density at radius 2 is 0.778 bits per heavy atom. The summed E-state index contributed by atoms with van der Waals surface area (Å²) in [5.74, 6) is -9.07. The predicted molar refractivity (Wildman–Crippen MR) is 52.5 cm³/mol. The summed E-state index contributed by atoms with van der Waals surface area (Å²) in [6.07, 6.45) is 0.654. The van der Waals surface area contributed by atoms with E-state index in [0.717, 1.165) is 0 Å². The van der Waals surface area contributed by atoms with Crippen LogP contribution >= 0.6 is 0 Å². The van der Waals surface area contributed by atoms with Crippen molar-refractivity contribution in [3.63, 3.8) is 0 Å². The first-order valence-electron chi connectivity index (χ1n) is 4.15. The molecule has 0 aliphatic carbocycles. The molecule has 0 saturated carbocycles. The van der Waals surface area contributed by atoms with Gasteiger partial charge >= 0.3 is 0 Å². The summed E-state index contributed by atoms with van der Waals surface area (Å²) < 4.78 is 97.1. The first-order chi connectivity index (χ1) is 7.89. The Bertz CT molecular complexity index is 630. The molecule has 4 nitrogen and oxygen atoms in total. The Hall–Kier alpha value is -1.16. The molecule has 0 aromatic heterocycles. The van der Waals surface area contributed by atoms with Crippen molar-refractivity contribution in [1.82, 2.24) is 0 Å². The molecule has 0 unspecified atom stereocenters. The topological polar surface area (TPSA) is 68.3 Å². The van der Waals surface area contributed by atoms with Gasteiger partial charge in [-0.05, 0) is 0 Å². The van der Waals surface area contributed by atoms with Gasteiger partial charge in [-0.3, -0.25) is 0 Å². The molecular weight excluding hydrogens is 300 g/mol. The Kier molecular flexibility index (Phi) is 3.47. The van der Waals surface area contributed by atoms with E-state index in [1.807, 2.05) is 0 Å². The van der Waals surface area contributed by atoms with Crippen LogP contribution in [0, 0.1) is 23.3 Å². The molecule has 0 aliphatic heterocycles. The van der Waals surface area contributed by atoms with Crippen LogP contribution in [0.3, 0.4) is 0 Å². The zero-order valence-corrected chi connectivity index (χ0v) is 10.6. The van der Waals surface area contributed by atoms with Crippen molar-refractivity contribution < 1.29 is 34.4 Å². The molecule has 1 aromatic rings. The third-order valence-corrected chi connectivity index (χ3v) is 4.12. The summed E-state index contributed by atoms with van der Waals surface area (Å²) in [6, 6.07) is 0. The second kappa shape index (κ2) is 4.19. The second-order valence-corrected chi connectivity index (χ2v) is 7.36. The quantitative estimate of drug-likeness (QED) is 0.605. The van der Waals surface area contributed by atoms with Gasteiger partial charge in [0.15, 0.2) is 42.9 Å². The number of benzene rings is 1. The maximum atomic E-state index is 13.3. The molecule has 0 spiro atoms. The molecular formula is C8H6F4O4S2. The summed E-state index contributed by atoms with van der Waals surface area (Å²) in [5.41, 5.74) is 0. The average molecular weight is 306 g/mol. The Labute approximate surface area is 100 Å². The lowest BCUT2D eigenvalue weighted by atomic mass is 10.3. The summed E-state index contributed by atoms with van der Waals surface area (Å²) in [4.78, 5) is -3.69. The van der Waals surface area contributed by atoms with Crippen LogP contribution in [-0.2, 0) is 19.7 Å². The van der Waals surface area contributed by atoms with Gasteiger partial charge in [0.1, 0.15) is 9.79 Å². The van der Waals surface area contributed by atoms with Gasteiger partial charge in [-0.25, -0.2) is 34.4 Å². The predicted octanol–water partition coefficient (Wildman–Crippen LogP) is 1.05. The standard InChI is InChI=1S/C8H6F4O4S2/c1-17(13,14)7-3(9)5(11)8(18(2,15)16)6(12)4(7)10/h1-2H3. The molecule has 18 heavy (non-hydrogen) atoms. The number of hydrogen-bond acceptors (Lipinski definition) is 4. The molecule has 1 rings (SSSR count). The van der Waals surface area contributed by atoms with Crippen molar-refractivity contribution in [2.75, 3.05) is 12.5 Å². The van der Waals surface area contributed by atoms with E-state index in [-0.39, 0.29) is 0 Å². The number of rotatable bonds is 2. The fraction of sp³-hybridized carbons (Fsp3) is 0.250. The van der Waals surface area contributed by atoms with Crippen molar-refractivity contribution >= 4 is 19.7 Å². The average Bonchev–Trinajstić information content (AvgIpc) is 2.10. The van der Waals surface area contributed by atoms with Gasteiger partial charge in [-0.1, -0.05) is 0 Å². The van der Waals surface area contributed by atoms with E-state index in [2.05, 4.69) is 0 Å². The summed E-state index contributed by atoms with van der Waals surface area (Å²) >= 11 is 0. The van der Waals surface area contributed by atoms with Gasteiger partial charge < -0.3 is 0 Å². The van der Waals surface area contributed by atoms with E-state index in [9.17, 15) is 34.4 Å². The Morgan fingerprint density at radius 1 is 0.611 bits per heavy atom. The molecule has 1 aromatic carbocycles. The van der Waals surface area contributed by atoms with E-state index in [4.69, 9.17) is 0 Å². The highest BCUT2D eigenvalue weighted by Gasteiger charge is 2.34. The van der Waals surface area contributed by atoms with Crippen molar-refractivity contribution in [3.05, 3.63) is 23.3 Å². The molecule has 102 valence electrons. The normalized spacial score (nSPS) is 12.8. The molecule has 0 atom stereocenters. The highest BCUT2D eigenvalue weighted by Crippen LogP contribution is 2.30. The second-order valence-electron chi connectivity index (χ2n) is 3.46. The molecule has 0 radical (unpaired) electrons. The molecule has 0 amide bonds. The van der Waals surface area contributed by atoms with Gasteiger partial charge in [0.05, 0.1) is 0 Å². The molecule has 0 fully saturated rings. The van der Waals surface area contributed by atoms with Crippen LogP contribution in [0.1, 0.15) is 0 Å². The highest BCUT2D eigenvalue weighted by atomic mass is 32.2. The van der Waals surface area contributed by atoms with Crippen LogP contribution in [-0.4, -0.2) is 29.3 Å². The van der Waals surface area contributed by atoms with Crippen LogP contribution in [0.4, 0.5) is 17.6 Å². The van der Waals surface area contributed by atoms with Gasteiger partial charge in [0, 0.05) is 12.5 Å². The zero-order chi connectivity index (χ0) is 14.5. The minimum absolute atomic E-state index is 0.327. The molecule has 0 saturated heterocycles. The lowest BCUT2D eigenvalue weighted by Crippen LogP contribution is -2.15. The highest BCUT2D eigenvalue weighted by molar-refractivity contribution is 7.91.